The summed E-state index contributed by atoms with van der Waals surface area (Å²) in [7, 11) is 2.91. The molecule has 0 saturated carbocycles. The average molecular weight is 642 g/mol. The highest BCUT2D eigenvalue weighted by molar-refractivity contribution is 5.80. The summed E-state index contributed by atoms with van der Waals surface area (Å²) in [6.07, 6.45) is 5.00. The van der Waals surface area contributed by atoms with Crippen molar-refractivity contribution in [2.75, 3.05) is 66.9 Å². The number of methoxy groups -OCH3 is 2. The Morgan fingerprint density at radius 1 is 0.870 bits per heavy atom. The number of carbonyl (C=O) groups is 2. The number of cyclic esters (lactones) is 1. The van der Waals surface area contributed by atoms with E-state index in [0.29, 0.717) is 23.6 Å². The number of esters is 1. The fourth-order valence-corrected chi connectivity index (χ4v) is 6.59. The minimum absolute atomic E-state index is 0.0816. The first-order valence-corrected chi connectivity index (χ1v) is 16.2. The van der Waals surface area contributed by atoms with Gasteiger partial charge < -0.3 is 55.8 Å². The largest absolute Gasteiger partial charge is 0.502 e. The van der Waals surface area contributed by atoms with Crippen LogP contribution in [0.25, 0.3) is 0 Å². The Balaban J connectivity index is 1.23. The van der Waals surface area contributed by atoms with E-state index in [1.165, 1.54) is 14.2 Å². The Hall–Kier alpha value is -3.94. The first-order chi connectivity index (χ1) is 22.5. The Morgan fingerprint density at radius 2 is 1.48 bits per heavy atom. The predicted octanol–water partition coefficient (Wildman–Crippen LogP) is 2.50. The molecule has 13 heteroatoms. The normalized spacial score (nSPS) is 20.9. The van der Waals surface area contributed by atoms with Gasteiger partial charge in [0.25, 0.3) is 0 Å². The number of phenolic OH excluding ortho intramolecular Hbond substituents is 1. The smallest absolute Gasteiger partial charge is 0.315 e. The van der Waals surface area contributed by atoms with Crippen LogP contribution in [0.15, 0.2) is 24.3 Å². The Morgan fingerprint density at radius 3 is 2.13 bits per heavy atom. The van der Waals surface area contributed by atoms with E-state index in [9.17, 15) is 14.7 Å². The molecule has 4 atom stereocenters. The number of unbranched alkanes of at least 4 members (excludes halogenated alkanes) is 2. The molecule has 0 radical (unpaired) electrons. The van der Waals surface area contributed by atoms with E-state index in [1.54, 1.807) is 12.1 Å². The van der Waals surface area contributed by atoms with Gasteiger partial charge in [0.15, 0.2) is 23.0 Å². The molecular weight excluding hydrogens is 594 g/mol. The zero-order chi connectivity index (χ0) is 32.5. The van der Waals surface area contributed by atoms with Gasteiger partial charge in [-0.25, -0.2) is 4.79 Å². The highest BCUT2D eigenvalue weighted by atomic mass is 16.7. The highest BCUT2D eigenvalue weighted by Crippen LogP contribution is 2.55. The molecule has 2 aromatic rings. The number of nitrogens with two attached hydrogens (primary N) is 1. The number of carbonyl (C=O) groups excluding carboxylic acids is 2. The molecule has 3 aliphatic rings. The topological polar surface area (TPSA) is 175 Å². The zero-order valence-electron chi connectivity index (χ0n) is 26.7. The summed E-state index contributed by atoms with van der Waals surface area (Å²) < 4.78 is 27.9. The van der Waals surface area contributed by atoms with E-state index >= 15 is 0 Å². The van der Waals surface area contributed by atoms with Gasteiger partial charge in [0, 0.05) is 18.4 Å². The van der Waals surface area contributed by atoms with Crippen molar-refractivity contribution in [3.05, 3.63) is 41.0 Å². The van der Waals surface area contributed by atoms with Gasteiger partial charge in [0.1, 0.15) is 0 Å². The molecule has 0 aromatic heterocycles. The summed E-state index contributed by atoms with van der Waals surface area (Å²) in [4.78, 5) is 26.5. The number of hydrogen-bond acceptors (Lipinski definition) is 11. The van der Waals surface area contributed by atoms with Gasteiger partial charge in [-0.2, -0.15) is 0 Å². The monoisotopic (exact) mass is 641 g/mol. The van der Waals surface area contributed by atoms with Crippen LogP contribution in [0.1, 0.15) is 60.8 Å². The lowest BCUT2D eigenvalue weighted by molar-refractivity contribution is -0.141. The van der Waals surface area contributed by atoms with Crippen molar-refractivity contribution in [1.82, 2.24) is 21.3 Å². The molecule has 46 heavy (non-hydrogen) atoms. The summed E-state index contributed by atoms with van der Waals surface area (Å²) in [6, 6.07) is 6.33. The lowest BCUT2D eigenvalue weighted by Gasteiger charge is -2.39. The van der Waals surface area contributed by atoms with Crippen LogP contribution < -0.4 is 45.9 Å². The van der Waals surface area contributed by atoms with Crippen molar-refractivity contribution >= 4 is 12.0 Å². The third kappa shape index (κ3) is 7.54. The minimum atomic E-state index is -0.607. The molecule has 1 fully saturated rings. The lowest BCUT2D eigenvalue weighted by Crippen LogP contribution is -2.46. The van der Waals surface area contributed by atoms with E-state index in [2.05, 4.69) is 21.3 Å². The predicted molar refractivity (Wildman–Crippen MR) is 171 cm³/mol. The zero-order valence-corrected chi connectivity index (χ0v) is 26.7. The maximum atomic E-state index is 13.3. The molecule has 2 unspecified atom stereocenters. The first kappa shape index (κ1) is 33.4. The minimum Gasteiger partial charge on any atom is -0.502 e. The number of fused-ring (bicyclic) bond motifs is 3. The fraction of sp³-hybridized carbons (Fsp3) is 0.576. The second-order valence-corrected chi connectivity index (χ2v) is 11.8. The number of hydrogen-bond donors (Lipinski definition) is 6. The lowest BCUT2D eigenvalue weighted by atomic mass is 9.65. The number of rotatable bonds is 17. The van der Waals surface area contributed by atoms with Gasteiger partial charge in [-0.3, -0.25) is 4.79 Å². The van der Waals surface area contributed by atoms with Crippen molar-refractivity contribution in [2.45, 2.75) is 44.1 Å². The van der Waals surface area contributed by atoms with Crippen LogP contribution in [0.3, 0.4) is 0 Å². The molecular formula is C33H47N5O8. The van der Waals surface area contributed by atoms with Crippen molar-refractivity contribution in [2.24, 2.45) is 17.6 Å². The quantitative estimate of drug-likeness (QED) is 0.111. The number of urea groups is 1. The van der Waals surface area contributed by atoms with E-state index < -0.39 is 17.9 Å². The van der Waals surface area contributed by atoms with Crippen molar-refractivity contribution < 1.29 is 38.4 Å². The molecule has 2 aliphatic heterocycles. The summed E-state index contributed by atoms with van der Waals surface area (Å²) in [5, 5.41) is 23.6. The van der Waals surface area contributed by atoms with Crippen LogP contribution in [0.4, 0.5) is 4.79 Å². The van der Waals surface area contributed by atoms with Gasteiger partial charge in [0.05, 0.1) is 32.8 Å². The van der Waals surface area contributed by atoms with Crippen LogP contribution in [-0.4, -0.2) is 84.0 Å². The third-order valence-electron chi connectivity index (χ3n) is 8.92. The van der Waals surface area contributed by atoms with Crippen LogP contribution >= 0.6 is 0 Å². The summed E-state index contributed by atoms with van der Waals surface area (Å²) in [5.41, 5.74) is 7.83. The molecule has 2 heterocycles. The fourth-order valence-electron chi connectivity index (χ4n) is 6.59. The van der Waals surface area contributed by atoms with E-state index in [0.717, 1.165) is 76.0 Å². The Labute approximate surface area is 269 Å². The summed E-state index contributed by atoms with van der Waals surface area (Å²) >= 11 is 0. The SMILES string of the molecule is COc1cc([C@@H]2c3cc4c(cc3C(NC(=O)NCCCCNCCCNCCCCN)C3COC(=O)[C@@H]32)OCO4)cc(OC)c1O. The summed E-state index contributed by atoms with van der Waals surface area (Å²) in [5.74, 6) is -0.340. The standard InChI is InChI=1S/C33H47N5O8/c1-42-26-14-20(15-27(43-2)31(26)39)28-21-16-24-25(46-19-45-24)17-22(21)30(23-18-44-32(40)29(23)28)38-33(41)37-13-6-5-10-36-12-7-11-35-9-4-3-8-34/h14-17,23,28-30,35-36,39H,3-13,18-19,34H2,1-2H3,(H2,37,38,41)/t23?,28-,29+,30?/m1/s1. The van der Waals surface area contributed by atoms with Gasteiger partial charge in [-0.15, -0.1) is 0 Å². The molecule has 5 rings (SSSR count). The molecule has 2 amide bonds. The molecule has 2 aromatic carbocycles. The molecule has 0 bridgehead atoms. The molecule has 7 N–H and O–H groups in total. The van der Waals surface area contributed by atoms with E-state index in [1.807, 2.05) is 12.1 Å². The maximum Gasteiger partial charge on any atom is 0.315 e. The van der Waals surface area contributed by atoms with Crippen LogP contribution in [0, 0.1) is 11.8 Å². The Bertz CT molecular complexity index is 1330. The second kappa shape index (κ2) is 16.1. The molecule has 13 nitrogen and oxygen atoms in total. The number of aromatic hydroxyl groups is 1. The van der Waals surface area contributed by atoms with E-state index in [-0.39, 0.29) is 48.6 Å². The van der Waals surface area contributed by atoms with Crippen molar-refractivity contribution in [3.8, 4) is 28.7 Å². The number of amides is 2. The number of nitrogens with one attached hydrogen (secondary N) is 4. The van der Waals surface area contributed by atoms with E-state index in [4.69, 9.17) is 29.4 Å². The van der Waals surface area contributed by atoms with Crippen LogP contribution in [0.2, 0.25) is 0 Å². The van der Waals surface area contributed by atoms with Gasteiger partial charge in [-0.05, 0) is 106 Å². The average Bonchev–Trinajstić information content (AvgIpc) is 3.68. The van der Waals surface area contributed by atoms with Crippen molar-refractivity contribution in [1.29, 1.82) is 0 Å². The first-order valence-electron chi connectivity index (χ1n) is 16.2. The highest BCUT2D eigenvalue weighted by Gasteiger charge is 2.53. The van der Waals surface area contributed by atoms with Gasteiger partial charge in [0.2, 0.25) is 12.5 Å². The Kier molecular flexibility index (Phi) is 11.7. The van der Waals surface area contributed by atoms with Gasteiger partial charge in [-0.1, -0.05) is 0 Å². The number of phenols is 1. The third-order valence-corrected chi connectivity index (χ3v) is 8.92. The van der Waals surface area contributed by atoms with Crippen LogP contribution in [0.5, 0.6) is 28.7 Å². The van der Waals surface area contributed by atoms with Crippen molar-refractivity contribution in [3.63, 3.8) is 0 Å². The molecule has 1 aliphatic carbocycles. The van der Waals surface area contributed by atoms with Gasteiger partial charge >= 0.3 is 12.0 Å². The molecule has 252 valence electrons. The van der Waals surface area contributed by atoms with Crippen LogP contribution in [-0.2, 0) is 9.53 Å². The second-order valence-electron chi connectivity index (χ2n) is 11.8. The maximum absolute atomic E-state index is 13.3. The molecule has 1 saturated heterocycles. The molecule has 0 spiro atoms. The summed E-state index contributed by atoms with van der Waals surface area (Å²) in [6.45, 7) is 5.34. The number of ether oxygens (including phenoxy) is 5. The number of benzene rings is 2.